The maximum atomic E-state index is 13.1. The number of rotatable bonds is 12. The van der Waals surface area contributed by atoms with Crippen LogP contribution >= 0.6 is 11.6 Å². The molecule has 0 saturated heterocycles. The number of fused-ring (bicyclic) bond motifs is 2. The van der Waals surface area contributed by atoms with Crippen LogP contribution in [0.1, 0.15) is 48.8 Å². The molecule has 41 heavy (non-hydrogen) atoms. The third-order valence-electron chi connectivity index (χ3n) is 7.31. The number of anilines is 1. The number of hydrogen-bond acceptors (Lipinski definition) is 7. The van der Waals surface area contributed by atoms with E-state index in [2.05, 4.69) is 18.1 Å². The number of carbonyl (C=O) groups is 1. The lowest BCUT2D eigenvalue weighted by atomic mass is 9.94. The molecule has 0 fully saturated rings. The van der Waals surface area contributed by atoms with Gasteiger partial charge in [-0.15, -0.1) is 13.2 Å². The first-order valence-corrected chi connectivity index (χ1v) is 15.8. The number of aliphatic hydroxyl groups is 1. The van der Waals surface area contributed by atoms with Crippen molar-refractivity contribution in [1.29, 1.82) is 0 Å². The lowest BCUT2D eigenvalue weighted by Gasteiger charge is -2.31. The quantitative estimate of drug-likeness (QED) is 0.201. The zero-order chi connectivity index (χ0) is 30.0. The number of hydrogen-bond donors (Lipinski definition) is 1. The van der Waals surface area contributed by atoms with Gasteiger partial charge in [-0.25, -0.2) is 17.5 Å². The van der Waals surface area contributed by atoms with Gasteiger partial charge in [0.1, 0.15) is 18.1 Å². The van der Waals surface area contributed by atoms with Crippen LogP contribution in [0, 0.1) is 0 Å². The highest BCUT2D eigenvalue weighted by atomic mass is 35.5. The number of allylic oxidation sites excluding steroid dienone is 1. The van der Waals surface area contributed by atoms with Gasteiger partial charge in [-0.1, -0.05) is 35.9 Å². The summed E-state index contributed by atoms with van der Waals surface area (Å²) in [6.45, 7) is 9.15. The van der Waals surface area contributed by atoms with Crippen LogP contribution in [0.4, 0.5) is 5.69 Å². The number of aryl methyl sites for hydroxylation is 1. The number of esters is 1. The molecule has 8 nitrogen and oxygen atoms in total. The Bertz CT molecular complexity index is 1330. The minimum Gasteiger partial charge on any atom is -0.487 e. The second kappa shape index (κ2) is 14.9. The van der Waals surface area contributed by atoms with Crippen LogP contribution < -0.4 is 9.64 Å². The van der Waals surface area contributed by atoms with Crippen LogP contribution in [0.15, 0.2) is 61.7 Å². The summed E-state index contributed by atoms with van der Waals surface area (Å²) in [4.78, 5) is 15.2. The fourth-order valence-corrected chi connectivity index (χ4v) is 6.49. The van der Waals surface area contributed by atoms with Crippen molar-refractivity contribution < 1.29 is 27.8 Å². The van der Waals surface area contributed by atoms with E-state index in [9.17, 15) is 18.3 Å². The van der Waals surface area contributed by atoms with E-state index in [-0.39, 0.29) is 12.1 Å². The summed E-state index contributed by atoms with van der Waals surface area (Å²) in [6, 6.07) is 10.7. The van der Waals surface area contributed by atoms with Gasteiger partial charge in [0.25, 0.3) is 0 Å². The molecule has 0 aromatic heterocycles. The SMILES string of the molecule is C=CCCCCN1CCCCc2cc(Cl)ccc2COc2ccc(C(O)(CS(=O)(=O)N(C)CC=C)C(=O)OC)cc21. The molecule has 1 aliphatic heterocycles. The predicted octanol–water partition coefficient (Wildman–Crippen LogP) is 5.23. The van der Waals surface area contributed by atoms with Crippen LogP contribution in [0.3, 0.4) is 0 Å². The second-order valence-electron chi connectivity index (χ2n) is 10.3. The zero-order valence-corrected chi connectivity index (χ0v) is 25.6. The van der Waals surface area contributed by atoms with Crippen molar-refractivity contribution in [3.05, 3.63) is 83.4 Å². The molecule has 0 aliphatic carbocycles. The topological polar surface area (TPSA) is 96.4 Å². The number of carbonyl (C=O) groups excluding carboxylic acids is 1. The van der Waals surface area contributed by atoms with Crippen LogP contribution in [-0.4, -0.2) is 63.3 Å². The van der Waals surface area contributed by atoms with Crippen LogP contribution in [0.2, 0.25) is 5.02 Å². The van der Waals surface area contributed by atoms with Crippen molar-refractivity contribution in [3.63, 3.8) is 0 Å². The maximum absolute atomic E-state index is 13.1. The second-order valence-corrected chi connectivity index (χ2v) is 12.8. The molecular weight excluding hydrogens is 564 g/mol. The summed E-state index contributed by atoms with van der Waals surface area (Å²) in [5.74, 6) is -1.38. The third kappa shape index (κ3) is 8.35. The first-order valence-electron chi connectivity index (χ1n) is 13.8. The fourth-order valence-electron chi connectivity index (χ4n) is 4.93. The molecule has 1 atom stereocenters. The summed E-state index contributed by atoms with van der Waals surface area (Å²) in [5.41, 5.74) is 0.524. The molecule has 1 N–H and O–H groups in total. The predicted molar refractivity (Wildman–Crippen MR) is 164 cm³/mol. The van der Waals surface area contributed by atoms with Gasteiger partial charge < -0.3 is 19.5 Å². The Labute approximate surface area is 249 Å². The number of ether oxygens (including phenoxy) is 2. The molecule has 1 unspecified atom stereocenters. The average Bonchev–Trinajstić information content (AvgIpc) is 2.98. The Morgan fingerprint density at radius 1 is 1.17 bits per heavy atom. The van der Waals surface area contributed by atoms with Crippen molar-refractivity contribution in [3.8, 4) is 5.75 Å². The summed E-state index contributed by atoms with van der Waals surface area (Å²) < 4.78 is 38.5. The minimum absolute atomic E-state index is 0.0305. The summed E-state index contributed by atoms with van der Waals surface area (Å²) in [7, 11) is -1.57. The molecule has 2 aromatic rings. The van der Waals surface area contributed by atoms with E-state index >= 15 is 0 Å². The molecule has 0 bridgehead atoms. The number of sulfonamides is 1. The molecule has 224 valence electrons. The molecule has 2 aromatic carbocycles. The number of likely N-dealkylation sites (N-methyl/N-ethyl adjacent to an activating group) is 1. The minimum atomic E-state index is -4.06. The van der Waals surface area contributed by atoms with E-state index in [0.717, 1.165) is 61.1 Å². The largest absolute Gasteiger partial charge is 0.487 e. The Hall–Kier alpha value is -2.85. The maximum Gasteiger partial charge on any atom is 0.343 e. The van der Waals surface area contributed by atoms with Crippen LogP contribution in [0.5, 0.6) is 5.75 Å². The Balaban J connectivity index is 2.09. The molecule has 1 heterocycles. The molecule has 0 amide bonds. The number of methoxy groups -OCH3 is 1. The number of halogens is 1. The third-order valence-corrected chi connectivity index (χ3v) is 9.43. The lowest BCUT2D eigenvalue weighted by molar-refractivity contribution is -0.161. The van der Waals surface area contributed by atoms with Crippen LogP contribution in [-0.2, 0) is 38.2 Å². The van der Waals surface area contributed by atoms with E-state index in [1.807, 2.05) is 24.3 Å². The monoisotopic (exact) mass is 604 g/mol. The lowest BCUT2D eigenvalue weighted by Crippen LogP contribution is -2.46. The van der Waals surface area contributed by atoms with Gasteiger partial charge in [0, 0.05) is 31.7 Å². The average molecular weight is 605 g/mol. The fraction of sp³-hybridized carbons (Fsp3) is 0.452. The summed E-state index contributed by atoms with van der Waals surface area (Å²) in [6.07, 6.45) is 8.76. The first-order chi connectivity index (χ1) is 19.6. The molecular formula is C31H41ClN2O6S. The Morgan fingerprint density at radius 3 is 2.66 bits per heavy atom. The van der Waals surface area contributed by atoms with Gasteiger partial charge in [0.2, 0.25) is 15.6 Å². The van der Waals surface area contributed by atoms with Gasteiger partial charge in [0.15, 0.2) is 0 Å². The van der Waals surface area contributed by atoms with Gasteiger partial charge in [0.05, 0.1) is 12.8 Å². The molecule has 0 spiro atoms. The Morgan fingerprint density at radius 2 is 1.95 bits per heavy atom. The van der Waals surface area contributed by atoms with Gasteiger partial charge >= 0.3 is 5.97 Å². The van der Waals surface area contributed by atoms with E-state index in [1.54, 1.807) is 12.1 Å². The van der Waals surface area contributed by atoms with E-state index in [0.29, 0.717) is 36.2 Å². The molecule has 0 radical (unpaired) electrons. The molecule has 0 saturated carbocycles. The van der Waals surface area contributed by atoms with Gasteiger partial charge in [-0.2, -0.15) is 0 Å². The normalized spacial score (nSPS) is 15.5. The summed E-state index contributed by atoms with van der Waals surface area (Å²) in [5, 5.41) is 12.4. The van der Waals surface area contributed by atoms with Crippen molar-refractivity contribution in [2.75, 3.05) is 44.4 Å². The van der Waals surface area contributed by atoms with Crippen molar-refractivity contribution >= 4 is 33.3 Å². The first kappa shape index (κ1) is 32.7. The van der Waals surface area contributed by atoms with Gasteiger partial charge in [-0.3, -0.25) is 0 Å². The summed E-state index contributed by atoms with van der Waals surface area (Å²) >= 11 is 6.28. The Kier molecular flexibility index (Phi) is 11.8. The van der Waals surface area contributed by atoms with Crippen molar-refractivity contribution in [2.45, 2.75) is 50.7 Å². The van der Waals surface area contributed by atoms with E-state index in [1.165, 1.54) is 19.2 Å². The number of nitrogens with zero attached hydrogens (tertiary/aromatic N) is 2. The highest BCUT2D eigenvalue weighted by Gasteiger charge is 2.45. The van der Waals surface area contributed by atoms with Crippen molar-refractivity contribution in [2.24, 2.45) is 0 Å². The smallest absolute Gasteiger partial charge is 0.343 e. The molecule has 3 rings (SSSR count). The van der Waals surface area contributed by atoms with E-state index in [4.69, 9.17) is 21.1 Å². The standard InChI is InChI=1S/C31H41ClN2O6S/c1-5-7-8-10-18-34-19-11-9-12-24-20-27(32)15-13-25(24)22-40-29-16-14-26(21-28(29)34)31(36,30(35)39-4)23-41(37,38)33(3)17-6-2/h5-6,13-16,20-21,36H,1-2,7-12,17-19,22-23H2,3-4H3. The number of unbranched alkanes of at least 4 members (excludes halogenated alkanes) is 2. The van der Waals surface area contributed by atoms with Crippen molar-refractivity contribution in [1.82, 2.24) is 4.31 Å². The molecule has 10 heteroatoms. The highest BCUT2D eigenvalue weighted by Crippen LogP contribution is 2.37. The highest BCUT2D eigenvalue weighted by molar-refractivity contribution is 7.89. The van der Waals surface area contributed by atoms with E-state index < -0.39 is 27.3 Å². The number of benzene rings is 2. The van der Waals surface area contributed by atoms with Gasteiger partial charge in [-0.05, 0) is 79.5 Å². The molecule has 1 aliphatic rings. The zero-order valence-electron chi connectivity index (χ0n) is 24.0. The van der Waals surface area contributed by atoms with Crippen LogP contribution in [0.25, 0.3) is 0 Å².